The van der Waals surface area contributed by atoms with Gasteiger partial charge in [-0.1, -0.05) is 60.7 Å². The number of amides is 2. The van der Waals surface area contributed by atoms with Crippen molar-refractivity contribution in [2.45, 2.75) is 6.92 Å². The Hall–Kier alpha value is -3.05. The summed E-state index contributed by atoms with van der Waals surface area (Å²) in [6, 6.07) is 17.0. The van der Waals surface area contributed by atoms with E-state index in [0.29, 0.717) is 5.69 Å². The summed E-state index contributed by atoms with van der Waals surface area (Å²) in [6.07, 6.45) is 5.03. The van der Waals surface area contributed by atoms with Crippen molar-refractivity contribution in [2.24, 2.45) is 0 Å². The monoisotopic (exact) mass is 348 g/mol. The number of nitrogens with one attached hydrogen (secondary N) is 1. The summed E-state index contributed by atoms with van der Waals surface area (Å²) in [5.74, 6) is -0.918. The molecule has 1 heterocycles. The molecule has 1 N–H and O–H groups in total. The maximum Gasteiger partial charge on any atom is 0.270 e. The van der Waals surface area contributed by atoms with Crippen LogP contribution in [0.1, 0.15) is 11.1 Å². The smallest absolute Gasteiger partial charge is 0.270 e. The van der Waals surface area contributed by atoms with Crippen LogP contribution in [0.25, 0.3) is 6.08 Å². The molecule has 2 amide bonds. The van der Waals surface area contributed by atoms with E-state index < -0.39 is 11.8 Å². The molecule has 4 nitrogen and oxygen atoms in total. The number of anilines is 1. The summed E-state index contributed by atoms with van der Waals surface area (Å²) in [7, 11) is 0. The zero-order chi connectivity index (χ0) is 17.8. The summed E-state index contributed by atoms with van der Waals surface area (Å²) in [5, 5.41) is 2.67. The molecular weight excluding hydrogens is 332 g/mol. The molecule has 2 aromatic carbocycles. The number of carbonyl (C=O) groups excluding carboxylic acids is 2. The lowest BCUT2D eigenvalue weighted by molar-refractivity contribution is -0.122. The largest absolute Gasteiger partial charge is 0.298 e. The van der Waals surface area contributed by atoms with Crippen LogP contribution < -0.4 is 10.2 Å². The minimum Gasteiger partial charge on any atom is -0.298 e. The fraction of sp³-hybridized carbons (Fsp3) is 0.0500. The molecule has 0 spiro atoms. The minimum absolute atomic E-state index is 0.0454. The Morgan fingerprint density at radius 3 is 2.40 bits per heavy atom. The molecular formula is C20H16N2O2S. The van der Waals surface area contributed by atoms with Crippen LogP contribution in [0.5, 0.6) is 0 Å². The fourth-order valence-electron chi connectivity index (χ4n) is 2.53. The zero-order valence-corrected chi connectivity index (χ0v) is 14.4. The summed E-state index contributed by atoms with van der Waals surface area (Å²) in [4.78, 5) is 26.3. The van der Waals surface area contributed by atoms with E-state index in [1.807, 2.05) is 61.5 Å². The van der Waals surface area contributed by atoms with Crippen molar-refractivity contribution in [1.29, 1.82) is 0 Å². The summed E-state index contributed by atoms with van der Waals surface area (Å²) in [5.41, 5.74) is 2.59. The predicted molar refractivity (Wildman–Crippen MR) is 103 cm³/mol. The molecule has 1 aliphatic heterocycles. The van der Waals surface area contributed by atoms with Crippen molar-refractivity contribution in [3.63, 3.8) is 0 Å². The molecule has 0 unspecified atom stereocenters. The van der Waals surface area contributed by atoms with Crippen LogP contribution in [0.15, 0.2) is 72.3 Å². The molecule has 25 heavy (non-hydrogen) atoms. The molecule has 1 saturated heterocycles. The maximum absolute atomic E-state index is 12.8. The lowest BCUT2D eigenvalue weighted by atomic mass is 10.1. The van der Waals surface area contributed by atoms with Gasteiger partial charge in [-0.15, -0.1) is 0 Å². The summed E-state index contributed by atoms with van der Waals surface area (Å²) < 4.78 is 0. The highest BCUT2D eigenvalue weighted by molar-refractivity contribution is 7.80. The van der Waals surface area contributed by atoms with Crippen molar-refractivity contribution in [2.75, 3.05) is 4.90 Å². The summed E-state index contributed by atoms with van der Waals surface area (Å²) in [6.45, 7) is 1.89. The van der Waals surface area contributed by atoms with Crippen molar-refractivity contribution in [3.05, 3.63) is 83.4 Å². The fourth-order valence-corrected chi connectivity index (χ4v) is 2.80. The van der Waals surface area contributed by atoms with E-state index in [9.17, 15) is 9.59 Å². The SMILES string of the molecule is Cc1ccccc1N1C(=O)C(=CC=Cc2ccccc2)C(=O)NC1=S. The second kappa shape index (κ2) is 7.23. The number of allylic oxidation sites excluding steroid dienone is 2. The van der Waals surface area contributed by atoms with E-state index in [4.69, 9.17) is 12.2 Å². The second-order valence-corrected chi connectivity index (χ2v) is 5.92. The van der Waals surface area contributed by atoms with Gasteiger partial charge in [-0.3, -0.25) is 19.8 Å². The van der Waals surface area contributed by atoms with Gasteiger partial charge >= 0.3 is 0 Å². The lowest BCUT2D eigenvalue weighted by Gasteiger charge is -2.29. The van der Waals surface area contributed by atoms with E-state index in [1.54, 1.807) is 12.1 Å². The highest BCUT2D eigenvalue weighted by atomic mass is 32.1. The maximum atomic E-state index is 12.8. The van der Waals surface area contributed by atoms with Crippen LogP contribution >= 0.6 is 12.2 Å². The molecule has 5 heteroatoms. The van der Waals surface area contributed by atoms with E-state index in [0.717, 1.165) is 11.1 Å². The molecule has 2 aromatic rings. The first-order valence-electron chi connectivity index (χ1n) is 7.77. The molecule has 0 aromatic heterocycles. The van der Waals surface area contributed by atoms with E-state index >= 15 is 0 Å². The predicted octanol–water partition coefficient (Wildman–Crippen LogP) is 3.38. The number of hydrogen-bond acceptors (Lipinski definition) is 3. The Kier molecular flexibility index (Phi) is 4.86. The third-order valence-electron chi connectivity index (χ3n) is 3.81. The minimum atomic E-state index is -0.488. The number of para-hydroxylation sites is 1. The van der Waals surface area contributed by atoms with Gasteiger partial charge in [0.15, 0.2) is 5.11 Å². The quantitative estimate of drug-likeness (QED) is 0.525. The Bertz CT molecular complexity index is 901. The van der Waals surface area contributed by atoms with Crippen LogP contribution in [-0.2, 0) is 9.59 Å². The van der Waals surface area contributed by atoms with Crippen molar-refractivity contribution < 1.29 is 9.59 Å². The molecule has 124 valence electrons. The Balaban J connectivity index is 1.92. The van der Waals surface area contributed by atoms with E-state index in [1.165, 1.54) is 11.0 Å². The molecule has 3 rings (SSSR count). The zero-order valence-electron chi connectivity index (χ0n) is 13.6. The van der Waals surface area contributed by atoms with Crippen LogP contribution in [0.4, 0.5) is 5.69 Å². The third-order valence-corrected chi connectivity index (χ3v) is 4.09. The molecule has 0 radical (unpaired) electrons. The average Bonchev–Trinajstić information content (AvgIpc) is 2.60. The van der Waals surface area contributed by atoms with Gasteiger partial charge in [-0.25, -0.2) is 0 Å². The number of hydrogen-bond donors (Lipinski definition) is 1. The van der Waals surface area contributed by atoms with Crippen LogP contribution in [0, 0.1) is 6.92 Å². The first-order chi connectivity index (χ1) is 12.1. The number of aryl methyl sites for hydroxylation is 1. The molecule has 1 aliphatic rings. The Labute approximate surface area is 151 Å². The van der Waals surface area contributed by atoms with Crippen molar-refractivity contribution in [1.82, 2.24) is 5.32 Å². The van der Waals surface area contributed by atoms with Gasteiger partial charge in [-0.05, 0) is 42.4 Å². The van der Waals surface area contributed by atoms with Crippen LogP contribution in [0.3, 0.4) is 0 Å². The molecule has 0 bridgehead atoms. The van der Waals surface area contributed by atoms with Gasteiger partial charge in [0.05, 0.1) is 5.69 Å². The van der Waals surface area contributed by atoms with Crippen molar-refractivity contribution >= 4 is 40.9 Å². The topological polar surface area (TPSA) is 49.4 Å². The average molecular weight is 348 g/mol. The van der Waals surface area contributed by atoms with Gasteiger partial charge in [0.25, 0.3) is 11.8 Å². The first-order valence-corrected chi connectivity index (χ1v) is 8.17. The number of rotatable bonds is 3. The number of carbonyl (C=O) groups is 2. The molecule has 0 atom stereocenters. The van der Waals surface area contributed by atoms with E-state index in [2.05, 4.69) is 5.32 Å². The van der Waals surface area contributed by atoms with E-state index in [-0.39, 0.29) is 10.7 Å². The van der Waals surface area contributed by atoms with Gasteiger partial charge < -0.3 is 0 Å². The van der Waals surface area contributed by atoms with Gasteiger partial charge in [0.2, 0.25) is 0 Å². The molecule has 1 fully saturated rings. The lowest BCUT2D eigenvalue weighted by Crippen LogP contribution is -2.54. The van der Waals surface area contributed by atoms with Crippen LogP contribution in [0.2, 0.25) is 0 Å². The normalized spacial score (nSPS) is 16.6. The summed E-state index contributed by atoms with van der Waals surface area (Å²) >= 11 is 5.19. The van der Waals surface area contributed by atoms with Gasteiger partial charge in [0.1, 0.15) is 5.57 Å². The Morgan fingerprint density at radius 1 is 1.00 bits per heavy atom. The highest BCUT2D eigenvalue weighted by Crippen LogP contribution is 2.24. The van der Waals surface area contributed by atoms with Crippen LogP contribution in [-0.4, -0.2) is 16.9 Å². The number of thiocarbonyl (C=S) groups is 1. The third kappa shape index (κ3) is 3.56. The highest BCUT2D eigenvalue weighted by Gasteiger charge is 2.34. The molecule has 0 aliphatic carbocycles. The number of benzene rings is 2. The van der Waals surface area contributed by atoms with Gasteiger partial charge in [0, 0.05) is 0 Å². The van der Waals surface area contributed by atoms with Gasteiger partial charge in [-0.2, -0.15) is 0 Å². The first kappa shape index (κ1) is 16.8. The standard InChI is InChI=1S/C20H16N2O2S/c1-14-8-5-6-13-17(14)22-19(24)16(18(23)21-20(22)25)12-7-11-15-9-3-2-4-10-15/h2-13H,1H3,(H,21,23,25). The Morgan fingerprint density at radius 2 is 1.68 bits per heavy atom. The van der Waals surface area contributed by atoms with Crippen molar-refractivity contribution in [3.8, 4) is 0 Å². The molecule has 0 saturated carbocycles. The number of nitrogens with zero attached hydrogens (tertiary/aromatic N) is 1. The second-order valence-electron chi connectivity index (χ2n) is 5.54.